The summed E-state index contributed by atoms with van der Waals surface area (Å²) in [6.07, 6.45) is 1.66. The van der Waals surface area contributed by atoms with Gasteiger partial charge in [-0.3, -0.25) is 4.79 Å². The minimum atomic E-state index is -0.744. The van der Waals surface area contributed by atoms with E-state index >= 15 is 0 Å². The minimum Gasteiger partial charge on any atom is -0.481 e. The molecule has 1 rings (SSSR count). The summed E-state index contributed by atoms with van der Waals surface area (Å²) in [6, 6.07) is 1.92. The molecule has 0 radical (unpaired) electrons. The van der Waals surface area contributed by atoms with Crippen molar-refractivity contribution in [3.05, 3.63) is 23.7 Å². The fourth-order valence-electron chi connectivity index (χ4n) is 1.10. The molecule has 0 bridgehead atoms. The standard InChI is InChI=1S/C11H16O3S/c1-7-4-5-14-10(7)6-15-9(3)8(2)11(12)13/h4-5,8-9H,6H2,1-3H3,(H,12,13). The maximum atomic E-state index is 10.7. The smallest absolute Gasteiger partial charge is 0.307 e. The van der Waals surface area contributed by atoms with E-state index in [4.69, 9.17) is 9.52 Å². The van der Waals surface area contributed by atoms with Crippen molar-refractivity contribution in [2.24, 2.45) is 5.92 Å². The summed E-state index contributed by atoms with van der Waals surface area (Å²) in [7, 11) is 0. The number of hydrogen-bond acceptors (Lipinski definition) is 3. The maximum Gasteiger partial charge on any atom is 0.307 e. The summed E-state index contributed by atoms with van der Waals surface area (Å²) in [5.74, 6) is 0.596. The van der Waals surface area contributed by atoms with Crippen LogP contribution >= 0.6 is 11.8 Å². The van der Waals surface area contributed by atoms with Crippen molar-refractivity contribution in [1.82, 2.24) is 0 Å². The van der Waals surface area contributed by atoms with Gasteiger partial charge in [-0.1, -0.05) is 13.8 Å². The molecule has 0 fully saturated rings. The Balaban J connectivity index is 2.44. The zero-order chi connectivity index (χ0) is 11.4. The monoisotopic (exact) mass is 228 g/mol. The Bertz CT molecular complexity index is 332. The van der Waals surface area contributed by atoms with Gasteiger partial charge in [0.25, 0.3) is 0 Å². The minimum absolute atomic E-state index is 0.0898. The van der Waals surface area contributed by atoms with Gasteiger partial charge in [-0.25, -0.2) is 0 Å². The van der Waals surface area contributed by atoms with Crippen LogP contribution in [-0.4, -0.2) is 16.3 Å². The van der Waals surface area contributed by atoms with Gasteiger partial charge in [-0.2, -0.15) is 0 Å². The predicted molar refractivity (Wildman–Crippen MR) is 61.0 cm³/mol. The molecule has 0 amide bonds. The summed E-state index contributed by atoms with van der Waals surface area (Å²) in [4.78, 5) is 10.7. The van der Waals surface area contributed by atoms with Crippen molar-refractivity contribution in [3.8, 4) is 0 Å². The number of thioether (sulfide) groups is 1. The molecule has 0 saturated carbocycles. The van der Waals surface area contributed by atoms with Crippen LogP contribution in [0.4, 0.5) is 0 Å². The van der Waals surface area contributed by atoms with E-state index in [0.29, 0.717) is 0 Å². The van der Waals surface area contributed by atoms with Crippen molar-refractivity contribution in [1.29, 1.82) is 0 Å². The third-order valence-corrected chi connectivity index (χ3v) is 3.90. The Morgan fingerprint density at radius 1 is 1.60 bits per heavy atom. The molecular weight excluding hydrogens is 212 g/mol. The van der Waals surface area contributed by atoms with Gasteiger partial charge in [-0.05, 0) is 18.6 Å². The first kappa shape index (κ1) is 12.2. The van der Waals surface area contributed by atoms with Gasteiger partial charge in [0.05, 0.1) is 17.9 Å². The summed E-state index contributed by atoms with van der Waals surface area (Å²) in [5.41, 5.74) is 1.12. The molecule has 1 aromatic heterocycles. The van der Waals surface area contributed by atoms with E-state index in [1.54, 1.807) is 24.9 Å². The molecule has 3 nitrogen and oxygen atoms in total. The van der Waals surface area contributed by atoms with Crippen LogP contribution in [0.3, 0.4) is 0 Å². The first-order valence-electron chi connectivity index (χ1n) is 4.89. The summed E-state index contributed by atoms with van der Waals surface area (Å²) in [5, 5.41) is 8.92. The number of furan rings is 1. The highest BCUT2D eigenvalue weighted by Gasteiger charge is 2.20. The molecule has 0 aliphatic heterocycles. The van der Waals surface area contributed by atoms with Crippen molar-refractivity contribution < 1.29 is 14.3 Å². The van der Waals surface area contributed by atoms with Gasteiger partial charge in [-0.15, -0.1) is 11.8 Å². The quantitative estimate of drug-likeness (QED) is 0.841. The highest BCUT2D eigenvalue weighted by molar-refractivity contribution is 7.99. The van der Waals surface area contributed by atoms with Gasteiger partial charge < -0.3 is 9.52 Å². The molecule has 15 heavy (non-hydrogen) atoms. The van der Waals surface area contributed by atoms with Crippen LogP contribution in [0.2, 0.25) is 0 Å². The van der Waals surface area contributed by atoms with Crippen molar-refractivity contribution in [2.75, 3.05) is 0 Å². The lowest BCUT2D eigenvalue weighted by Crippen LogP contribution is -2.20. The molecule has 1 N–H and O–H groups in total. The molecule has 0 spiro atoms. The van der Waals surface area contributed by atoms with E-state index < -0.39 is 5.97 Å². The van der Waals surface area contributed by atoms with Gasteiger partial charge in [0.2, 0.25) is 0 Å². The Morgan fingerprint density at radius 3 is 2.73 bits per heavy atom. The Hall–Kier alpha value is -0.900. The second-order valence-electron chi connectivity index (χ2n) is 3.67. The molecular formula is C11H16O3S. The van der Waals surface area contributed by atoms with Crippen LogP contribution in [0, 0.1) is 12.8 Å². The molecule has 84 valence electrons. The van der Waals surface area contributed by atoms with E-state index in [0.717, 1.165) is 17.1 Å². The molecule has 4 heteroatoms. The van der Waals surface area contributed by atoms with Crippen molar-refractivity contribution in [3.63, 3.8) is 0 Å². The number of carbonyl (C=O) groups is 1. The lowest BCUT2D eigenvalue weighted by molar-refractivity contribution is -0.140. The zero-order valence-electron chi connectivity index (χ0n) is 9.19. The van der Waals surface area contributed by atoms with Gasteiger partial charge in [0.15, 0.2) is 0 Å². The van der Waals surface area contributed by atoms with Gasteiger partial charge >= 0.3 is 5.97 Å². The highest BCUT2D eigenvalue weighted by atomic mass is 32.2. The van der Waals surface area contributed by atoms with Crippen LogP contribution in [0.25, 0.3) is 0 Å². The average molecular weight is 228 g/mol. The van der Waals surface area contributed by atoms with Crippen LogP contribution < -0.4 is 0 Å². The maximum absolute atomic E-state index is 10.7. The topological polar surface area (TPSA) is 50.4 Å². The number of aryl methyl sites for hydroxylation is 1. The Labute approximate surface area is 93.9 Å². The van der Waals surface area contributed by atoms with E-state index in [-0.39, 0.29) is 11.2 Å². The largest absolute Gasteiger partial charge is 0.481 e. The summed E-state index contributed by atoms with van der Waals surface area (Å²) < 4.78 is 5.29. The van der Waals surface area contributed by atoms with Crippen LogP contribution in [0.15, 0.2) is 16.7 Å². The van der Waals surface area contributed by atoms with Crippen LogP contribution in [0.1, 0.15) is 25.2 Å². The third-order valence-electron chi connectivity index (χ3n) is 2.54. The van der Waals surface area contributed by atoms with Crippen LogP contribution in [0.5, 0.6) is 0 Å². The summed E-state index contributed by atoms with van der Waals surface area (Å²) in [6.45, 7) is 5.65. The molecule has 0 saturated heterocycles. The Kier molecular flexibility index (Phi) is 4.27. The summed E-state index contributed by atoms with van der Waals surface area (Å²) >= 11 is 1.61. The number of carboxylic acid groups (broad SMARTS) is 1. The van der Waals surface area contributed by atoms with E-state index in [1.165, 1.54) is 0 Å². The number of rotatable bonds is 5. The number of hydrogen-bond donors (Lipinski definition) is 1. The van der Waals surface area contributed by atoms with Crippen molar-refractivity contribution in [2.45, 2.75) is 31.8 Å². The average Bonchev–Trinajstić information content (AvgIpc) is 2.59. The van der Waals surface area contributed by atoms with E-state index in [2.05, 4.69) is 0 Å². The Morgan fingerprint density at radius 2 is 2.27 bits per heavy atom. The fraction of sp³-hybridized carbons (Fsp3) is 0.545. The normalized spacial score (nSPS) is 14.9. The molecule has 1 heterocycles. The van der Waals surface area contributed by atoms with Gasteiger partial charge in [0, 0.05) is 5.25 Å². The second-order valence-corrected chi connectivity index (χ2v) is 5.04. The lowest BCUT2D eigenvalue weighted by atomic mass is 10.1. The molecule has 0 aromatic carbocycles. The van der Waals surface area contributed by atoms with E-state index in [1.807, 2.05) is 19.9 Å². The first-order chi connectivity index (χ1) is 7.02. The third kappa shape index (κ3) is 3.30. The molecule has 2 unspecified atom stereocenters. The van der Waals surface area contributed by atoms with E-state index in [9.17, 15) is 4.79 Å². The number of aliphatic carboxylic acids is 1. The lowest BCUT2D eigenvalue weighted by Gasteiger charge is -2.14. The first-order valence-corrected chi connectivity index (χ1v) is 5.94. The molecule has 1 aromatic rings. The molecule has 2 atom stereocenters. The predicted octanol–water partition coefficient (Wildman–Crippen LogP) is 2.93. The number of carboxylic acids is 1. The SMILES string of the molecule is Cc1ccoc1CSC(C)C(C)C(=O)O. The molecule has 0 aliphatic rings. The van der Waals surface area contributed by atoms with Crippen molar-refractivity contribution >= 4 is 17.7 Å². The molecule has 0 aliphatic carbocycles. The zero-order valence-corrected chi connectivity index (χ0v) is 10.0. The van der Waals surface area contributed by atoms with Crippen LogP contribution in [-0.2, 0) is 10.5 Å². The second kappa shape index (κ2) is 5.26. The highest BCUT2D eigenvalue weighted by Crippen LogP contribution is 2.25. The van der Waals surface area contributed by atoms with Gasteiger partial charge in [0.1, 0.15) is 5.76 Å². The fourth-order valence-corrected chi connectivity index (χ4v) is 2.22.